The monoisotopic (exact) mass is 472 g/mol. The van der Waals surface area contributed by atoms with Gasteiger partial charge in [0.25, 0.3) is 5.01 Å². The van der Waals surface area contributed by atoms with E-state index in [4.69, 9.17) is 6.42 Å². The number of hydrogen-bond acceptors (Lipinski definition) is 3. The summed E-state index contributed by atoms with van der Waals surface area (Å²) in [5.41, 5.74) is 5.15. The van der Waals surface area contributed by atoms with E-state index in [1.807, 2.05) is 35.0 Å². The Balaban J connectivity index is 0.00000218. The molecule has 0 unspecified atom stereocenters. The molecule has 3 aromatic carbocycles. The van der Waals surface area contributed by atoms with Crippen molar-refractivity contribution in [3.8, 4) is 18.0 Å². The van der Waals surface area contributed by atoms with Gasteiger partial charge in [-0.2, -0.15) is 4.57 Å². The number of para-hydroxylation sites is 2. The van der Waals surface area contributed by atoms with E-state index < -0.39 is 0 Å². The fraction of sp³-hybridized carbons (Fsp3) is 0.0417. The third-order valence-electron chi connectivity index (χ3n) is 4.79. The summed E-state index contributed by atoms with van der Waals surface area (Å²) in [5.74, 6) is 2.76. The number of aromatic nitrogens is 4. The number of terminal acetylenes is 1. The number of nitrogens with zero attached hydrogens (tertiary/aromatic N) is 4. The first-order valence-electron chi connectivity index (χ1n) is 9.27. The second-order valence-corrected chi connectivity index (χ2v) is 7.68. The van der Waals surface area contributed by atoms with Gasteiger partial charge in [0, 0.05) is 12.1 Å². The van der Waals surface area contributed by atoms with Crippen molar-refractivity contribution in [3.63, 3.8) is 0 Å². The minimum absolute atomic E-state index is 0. The van der Waals surface area contributed by atoms with E-state index >= 15 is 0 Å². The van der Waals surface area contributed by atoms with Gasteiger partial charge in [-0.15, -0.1) is 11.5 Å². The van der Waals surface area contributed by atoms with Gasteiger partial charge in [-0.1, -0.05) is 52.9 Å². The smallest absolute Gasteiger partial charge is 0.263 e. The van der Waals surface area contributed by atoms with Crippen molar-refractivity contribution in [3.05, 3.63) is 83.4 Å². The van der Waals surface area contributed by atoms with E-state index in [0.717, 1.165) is 27.3 Å². The first-order chi connectivity index (χ1) is 14.3. The fourth-order valence-corrected chi connectivity index (χ4v) is 4.45. The average Bonchev–Trinajstić information content (AvgIpc) is 3.35. The van der Waals surface area contributed by atoms with E-state index in [0.29, 0.717) is 6.54 Å². The van der Waals surface area contributed by atoms with E-state index in [9.17, 15) is 0 Å². The molecule has 4 nitrogen and oxygen atoms in total. The third-order valence-corrected chi connectivity index (χ3v) is 5.92. The van der Waals surface area contributed by atoms with Crippen LogP contribution < -0.4 is 21.5 Å². The Morgan fingerprint density at radius 1 is 0.967 bits per heavy atom. The van der Waals surface area contributed by atoms with Crippen LogP contribution in [0.1, 0.15) is 10.6 Å². The zero-order chi connectivity index (χ0) is 19.6. The maximum absolute atomic E-state index is 5.59. The highest BCUT2D eigenvalue weighted by atomic mass is 79.9. The molecule has 0 aliphatic rings. The van der Waals surface area contributed by atoms with Gasteiger partial charge in [0.15, 0.2) is 0 Å². The van der Waals surface area contributed by atoms with Crippen molar-refractivity contribution >= 4 is 44.7 Å². The molecule has 2 aromatic heterocycles. The topological polar surface area (TPSA) is 34.6 Å². The minimum atomic E-state index is 0. The number of halogens is 1. The molecule has 0 saturated carbocycles. The molecule has 5 rings (SSSR count). The van der Waals surface area contributed by atoms with Gasteiger partial charge in [0.2, 0.25) is 12.1 Å². The lowest BCUT2D eigenvalue weighted by atomic mass is 10.2. The maximum atomic E-state index is 5.59. The van der Waals surface area contributed by atoms with Crippen molar-refractivity contribution in [2.75, 3.05) is 0 Å². The first-order valence-corrected chi connectivity index (χ1v) is 10.1. The van der Waals surface area contributed by atoms with Crippen LogP contribution in [0.2, 0.25) is 0 Å². The fourth-order valence-electron chi connectivity index (χ4n) is 3.39. The molecule has 0 radical (unpaired) electrons. The zero-order valence-electron chi connectivity index (χ0n) is 15.9. The lowest BCUT2D eigenvalue weighted by Crippen LogP contribution is -3.00. The van der Waals surface area contributed by atoms with E-state index in [1.54, 1.807) is 11.3 Å². The van der Waals surface area contributed by atoms with Gasteiger partial charge in [-0.3, -0.25) is 0 Å². The van der Waals surface area contributed by atoms with Crippen LogP contribution in [-0.2, 0) is 6.54 Å². The highest BCUT2D eigenvalue weighted by molar-refractivity contribution is 7.18. The highest BCUT2D eigenvalue weighted by Gasteiger charge is 2.16. The van der Waals surface area contributed by atoms with E-state index in [1.165, 1.54) is 10.2 Å². The van der Waals surface area contributed by atoms with E-state index in [-0.39, 0.29) is 17.0 Å². The first kappa shape index (κ1) is 20.0. The van der Waals surface area contributed by atoms with Crippen molar-refractivity contribution in [2.24, 2.45) is 0 Å². The molecule has 0 N–H and O–H groups in total. The van der Waals surface area contributed by atoms with Gasteiger partial charge in [0.05, 0.1) is 11.2 Å². The molecule has 0 spiro atoms. The second kappa shape index (κ2) is 8.62. The van der Waals surface area contributed by atoms with Gasteiger partial charge >= 0.3 is 0 Å². The van der Waals surface area contributed by atoms with Crippen LogP contribution in [0.5, 0.6) is 0 Å². The Labute approximate surface area is 188 Å². The molecule has 0 aliphatic heterocycles. The molecule has 146 valence electrons. The van der Waals surface area contributed by atoms with Crippen LogP contribution in [0.3, 0.4) is 0 Å². The number of benzene rings is 3. The second-order valence-electron chi connectivity index (χ2n) is 6.61. The van der Waals surface area contributed by atoms with Crippen molar-refractivity contribution in [1.29, 1.82) is 0 Å². The lowest BCUT2D eigenvalue weighted by molar-refractivity contribution is -0.655. The Kier molecular flexibility index (Phi) is 5.75. The van der Waals surface area contributed by atoms with Crippen LogP contribution in [0.15, 0.2) is 72.8 Å². The normalized spacial score (nSPS) is 11.0. The molecular formula is C24H17BrN4S. The van der Waals surface area contributed by atoms with Gasteiger partial charge in [0.1, 0.15) is 10.2 Å². The minimum Gasteiger partial charge on any atom is -1.00 e. The van der Waals surface area contributed by atoms with Crippen LogP contribution >= 0.6 is 11.3 Å². The largest absolute Gasteiger partial charge is 1.00 e. The molecule has 0 amide bonds. The number of fused-ring (bicyclic) bond motifs is 2. The Bertz CT molecular complexity index is 1390. The van der Waals surface area contributed by atoms with Gasteiger partial charge < -0.3 is 17.0 Å². The molecule has 0 fully saturated rings. The SMILES string of the molecule is C#CC[n+]1c(/C=C/c2ccc(-n3nnc4ccccc43)cc2)sc2ccccc21.[Br-]. The number of hydrogen-bond donors (Lipinski definition) is 0. The molecule has 0 atom stereocenters. The maximum Gasteiger partial charge on any atom is 0.263 e. The Morgan fingerprint density at radius 2 is 1.73 bits per heavy atom. The van der Waals surface area contributed by atoms with Crippen molar-refractivity contribution in [1.82, 2.24) is 15.0 Å². The third kappa shape index (κ3) is 3.65. The summed E-state index contributed by atoms with van der Waals surface area (Å²) in [4.78, 5) is 0. The molecular weight excluding hydrogens is 456 g/mol. The predicted molar refractivity (Wildman–Crippen MR) is 119 cm³/mol. The van der Waals surface area contributed by atoms with Crippen LogP contribution in [0.4, 0.5) is 0 Å². The van der Waals surface area contributed by atoms with Gasteiger partial charge in [-0.25, -0.2) is 4.68 Å². The molecule has 0 aliphatic carbocycles. The molecule has 30 heavy (non-hydrogen) atoms. The molecule has 5 aromatic rings. The van der Waals surface area contributed by atoms with Crippen LogP contribution in [0.25, 0.3) is 39.1 Å². The average molecular weight is 473 g/mol. The molecule has 0 saturated heterocycles. The molecule has 2 heterocycles. The predicted octanol–water partition coefficient (Wildman–Crippen LogP) is 1.73. The summed E-state index contributed by atoms with van der Waals surface area (Å²) in [6.45, 7) is 0.558. The summed E-state index contributed by atoms with van der Waals surface area (Å²) in [5, 5.41) is 9.63. The summed E-state index contributed by atoms with van der Waals surface area (Å²) >= 11 is 1.74. The van der Waals surface area contributed by atoms with Crippen LogP contribution in [0, 0.1) is 12.3 Å². The van der Waals surface area contributed by atoms with Crippen molar-refractivity contribution in [2.45, 2.75) is 6.54 Å². The Hall–Kier alpha value is -3.27. The lowest BCUT2D eigenvalue weighted by Gasteiger charge is -2.02. The quantitative estimate of drug-likeness (QED) is 0.295. The summed E-state index contributed by atoms with van der Waals surface area (Å²) in [6.07, 6.45) is 9.82. The van der Waals surface area contributed by atoms with Crippen LogP contribution in [-0.4, -0.2) is 15.0 Å². The van der Waals surface area contributed by atoms with E-state index in [2.05, 4.69) is 75.4 Å². The zero-order valence-corrected chi connectivity index (χ0v) is 18.3. The number of rotatable bonds is 4. The summed E-state index contributed by atoms with van der Waals surface area (Å²) in [6, 6.07) is 24.6. The van der Waals surface area contributed by atoms with Crippen molar-refractivity contribution < 1.29 is 21.5 Å². The van der Waals surface area contributed by atoms with Gasteiger partial charge in [-0.05, 0) is 47.9 Å². The summed E-state index contributed by atoms with van der Waals surface area (Å²) < 4.78 is 5.26. The Morgan fingerprint density at radius 3 is 2.57 bits per heavy atom. The standard InChI is InChI=1S/C24H17N4S.BrH/c1-2-17-27-22-9-5-6-10-23(22)29-24(27)16-13-18-11-14-19(15-12-18)28-21-8-4-3-7-20(21)25-26-28;/h1,3-16H,17H2;1H/q+1;/p-1. The molecule has 0 bridgehead atoms. The summed E-state index contributed by atoms with van der Waals surface area (Å²) in [7, 11) is 0. The highest BCUT2D eigenvalue weighted by Crippen LogP contribution is 2.22. The molecule has 6 heteroatoms. The number of thiazole rings is 1.